The summed E-state index contributed by atoms with van der Waals surface area (Å²) in [6.07, 6.45) is -1.33. The van der Waals surface area contributed by atoms with Crippen LogP contribution in [0.3, 0.4) is 0 Å². The van der Waals surface area contributed by atoms with Gasteiger partial charge in [0.1, 0.15) is 12.1 Å². The second-order valence-electron chi connectivity index (χ2n) is 3.35. The highest BCUT2D eigenvalue weighted by Gasteiger charge is 2.23. The molecular weight excluding hydrogens is 213 g/mol. The minimum absolute atomic E-state index is 0.250. The van der Waals surface area contributed by atoms with Crippen molar-refractivity contribution in [3.63, 3.8) is 0 Å². The van der Waals surface area contributed by atoms with Gasteiger partial charge in [0.2, 0.25) is 0 Å². The summed E-state index contributed by atoms with van der Waals surface area (Å²) in [5, 5.41) is 35.8. The van der Waals surface area contributed by atoms with Gasteiger partial charge < -0.3 is 26.0 Å². The maximum absolute atomic E-state index is 10.5. The van der Waals surface area contributed by atoms with Crippen LogP contribution in [0.1, 0.15) is 11.7 Å². The van der Waals surface area contributed by atoms with Crippen LogP contribution in [-0.2, 0) is 4.79 Å². The summed E-state index contributed by atoms with van der Waals surface area (Å²) in [6.45, 7) is 0. The van der Waals surface area contributed by atoms with Crippen LogP contribution in [0.4, 0.5) is 0 Å². The molecule has 0 radical (unpaired) electrons. The fraction of sp³-hybridized carbons (Fsp3) is 0.222. The number of nitrogens with two attached hydrogens (primary N) is 1. The van der Waals surface area contributed by atoms with Crippen LogP contribution in [0.2, 0.25) is 0 Å². The van der Waals surface area contributed by atoms with E-state index in [2.05, 4.69) is 0 Å². The predicted octanol–water partition coefficient (Wildman–Crippen LogP) is -2.19. The number of aliphatic hydroxyl groups excluding tert-OH is 1. The number of hydrogen-bond acceptors (Lipinski definition) is 5. The lowest BCUT2D eigenvalue weighted by Gasteiger charge is -2.15. The molecule has 1 aromatic rings. The molecule has 0 amide bonds. The van der Waals surface area contributed by atoms with Crippen LogP contribution < -0.4 is 11.2 Å². The van der Waals surface area contributed by atoms with E-state index in [1.165, 1.54) is 24.3 Å². The Morgan fingerprint density at radius 3 is 2.12 bits per heavy atom. The average Bonchev–Trinajstić information content (AvgIpc) is 2.27. The van der Waals surface area contributed by atoms with Gasteiger partial charge in [-0.2, -0.15) is 0 Å². The van der Waals surface area contributed by atoms with Crippen molar-refractivity contribution in [2.24, 2.45) is 5.73 Å². The summed E-state index contributed by atoms with van der Waals surface area (Å²) in [6, 6.07) is 4.12. The molecule has 0 saturated heterocycles. The molecular formula is C9H12BNO5. The number of hydrogen-bond donors (Lipinski definition) is 5. The molecule has 0 heterocycles. The zero-order valence-electron chi connectivity index (χ0n) is 8.32. The van der Waals surface area contributed by atoms with E-state index in [4.69, 9.17) is 20.9 Å². The third-order valence-corrected chi connectivity index (χ3v) is 2.20. The van der Waals surface area contributed by atoms with Gasteiger partial charge in [-0.15, -0.1) is 0 Å². The van der Waals surface area contributed by atoms with Gasteiger partial charge in [0, 0.05) is 0 Å². The van der Waals surface area contributed by atoms with Gasteiger partial charge in [-0.1, -0.05) is 24.3 Å². The zero-order chi connectivity index (χ0) is 12.3. The summed E-state index contributed by atoms with van der Waals surface area (Å²) < 4.78 is 0. The molecule has 6 N–H and O–H groups in total. The van der Waals surface area contributed by atoms with Gasteiger partial charge in [0.15, 0.2) is 0 Å². The topological polar surface area (TPSA) is 124 Å². The molecule has 0 aliphatic heterocycles. The van der Waals surface area contributed by atoms with E-state index in [1.54, 1.807) is 0 Å². The third-order valence-electron chi connectivity index (χ3n) is 2.20. The Labute approximate surface area is 92.1 Å². The molecule has 1 rings (SSSR count). The first-order valence-electron chi connectivity index (χ1n) is 4.56. The Kier molecular flexibility index (Phi) is 4.02. The lowest BCUT2D eigenvalue weighted by molar-refractivity contribution is -0.141. The monoisotopic (exact) mass is 225 g/mol. The highest BCUT2D eigenvalue weighted by atomic mass is 16.4. The third kappa shape index (κ3) is 2.80. The number of aliphatic carboxylic acids is 1. The molecule has 6 nitrogen and oxygen atoms in total. The van der Waals surface area contributed by atoms with Gasteiger partial charge in [-0.3, -0.25) is 4.79 Å². The lowest BCUT2D eigenvalue weighted by atomic mass is 9.80. The van der Waals surface area contributed by atoms with Crippen LogP contribution >= 0.6 is 0 Å². The van der Waals surface area contributed by atoms with E-state index >= 15 is 0 Å². The molecule has 86 valence electrons. The van der Waals surface area contributed by atoms with Crippen molar-refractivity contribution in [3.05, 3.63) is 29.8 Å². The first-order chi connectivity index (χ1) is 7.43. The van der Waals surface area contributed by atoms with E-state index in [-0.39, 0.29) is 5.46 Å². The highest BCUT2D eigenvalue weighted by Crippen LogP contribution is 2.14. The van der Waals surface area contributed by atoms with Crippen LogP contribution in [0.15, 0.2) is 24.3 Å². The van der Waals surface area contributed by atoms with E-state index in [9.17, 15) is 9.90 Å². The summed E-state index contributed by atoms with van der Waals surface area (Å²) in [4.78, 5) is 10.5. The maximum atomic E-state index is 10.5. The molecule has 0 aromatic heterocycles. The van der Waals surface area contributed by atoms with Crippen molar-refractivity contribution in [2.45, 2.75) is 12.1 Å². The molecule has 2 atom stereocenters. The first kappa shape index (κ1) is 12.7. The minimum atomic E-state index is -1.60. The van der Waals surface area contributed by atoms with Crippen LogP contribution in [0, 0.1) is 0 Å². The molecule has 0 saturated carbocycles. The van der Waals surface area contributed by atoms with E-state index in [1.807, 2.05) is 0 Å². The Hall–Kier alpha value is -1.41. The van der Waals surface area contributed by atoms with Crippen molar-refractivity contribution in [1.82, 2.24) is 0 Å². The predicted molar refractivity (Wildman–Crippen MR) is 56.8 cm³/mol. The van der Waals surface area contributed by atoms with Crippen LogP contribution in [0.25, 0.3) is 0 Å². The van der Waals surface area contributed by atoms with E-state index in [0.29, 0.717) is 5.56 Å². The zero-order valence-corrected chi connectivity index (χ0v) is 8.32. The summed E-state index contributed by atoms with van der Waals surface area (Å²) >= 11 is 0. The van der Waals surface area contributed by atoms with Gasteiger partial charge in [0.25, 0.3) is 0 Å². The molecule has 0 fully saturated rings. The number of rotatable bonds is 4. The molecule has 0 aliphatic rings. The number of benzene rings is 1. The number of aliphatic hydroxyl groups is 1. The van der Waals surface area contributed by atoms with Crippen molar-refractivity contribution in [3.8, 4) is 0 Å². The summed E-state index contributed by atoms with van der Waals surface area (Å²) in [7, 11) is -1.60. The SMILES string of the molecule is N[C@@H](C(=O)O)[C@H](O)c1ccc(B(O)O)cc1. The molecule has 1 aromatic carbocycles. The minimum Gasteiger partial charge on any atom is -0.480 e. The van der Waals surface area contributed by atoms with Crippen molar-refractivity contribution in [2.75, 3.05) is 0 Å². The van der Waals surface area contributed by atoms with Gasteiger partial charge in [-0.25, -0.2) is 0 Å². The fourth-order valence-corrected chi connectivity index (χ4v) is 1.21. The second-order valence-corrected chi connectivity index (χ2v) is 3.35. The molecule has 16 heavy (non-hydrogen) atoms. The van der Waals surface area contributed by atoms with E-state index < -0.39 is 25.2 Å². The standard InChI is InChI=1S/C9H12BNO5/c11-7(9(13)14)8(12)5-1-3-6(4-2-5)10(15)16/h1-4,7-8,12,15-16H,11H2,(H,13,14)/t7-,8-/m1/s1. The van der Waals surface area contributed by atoms with Crippen LogP contribution in [-0.4, -0.2) is 39.4 Å². The summed E-state index contributed by atoms with van der Waals surface area (Å²) in [5.41, 5.74) is 5.80. The smallest absolute Gasteiger partial charge is 0.480 e. The molecule has 0 aliphatic carbocycles. The van der Waals surface area contributed by atoms with Gasteiger partial charge >= 0.3 is 13.1 Å². The largest absolute Gasteiger partial charge is 0.488 e. The van der Waals surface area contributed by atoms with Crippen molar-refractivity contribution >= 4 is 18.6 Å². The Balaban J connectivity index is 2.85. The Morgan fingerprint density at radius 1 is 1.25 bits per heavy atom. The van der Waals surface area contributed by atoms with Crippen molar-refractivity contribution in [1.29, 1.82) is 0 Å². The van der Waals surface area contributed by atoms with Crippen molar-refractivity contribution < 1.29 is 25.1 Å². The maximum Gasteiger partial charge on any atom is 0.488 e. The molecule has 0 spiro atoms. The highest BCUT2D eigenvalue weighted by molar-refractivity contribution is 6.58. The summed E-state index contributed by atoms with van der Waals surface area (Å²) in [5.74, 6) is -1.31. The van der Waals surface area contributed by atoms with E-state index in [0.717, 1.165) is 0 Å². The Morgan fingerprint density at radius 2 is 1.75 bits per heavy atom. The van der Waals surface area contributed by atoms with Gasteiger partial charge in [0.05, 0.1) is 0 Å². The first-order valence-corrected chi connectivity index (χ1v) is 4.56. The normalized spacial score (nSPS) is 14.2. The second kappa shape index (κ2) is 5.08. The average molecular weight is 225 g/mol. The van der Waals surface area contributed by atoms with Crippen LogP contribution in [0.5, 0.6) is 0 Å². The quantitative estimate of drug-likeness (QED) is 0.371. The molecule has 7 heteroatoms. The lowest BCUT2D eigenvalue weighted by Crippen LogP contribution is -2.37. The molecule has 0 unspecified atom stereocenters. The number of carboxylic acid groups (broad SMARTS) is 1. The molecule has 0 bridgehead atoms. The number of carbonyl (C=O) groups is 1. The number of carboxylic acids is 1. The Bertz CT molecular complexity index is 367. The fourth-order valence-electron chi connectivity index (χ4n) is 1.21. The van der Waals surface area contributed by atoms with Gasteiger partial charge in [-0.05, 0) is 11.0 Å².